The second kappa shape index (κ2) is 8.65. The summed E-state index contributed by atoms with van der Waals surface area (Å²) in [4.78, 5) is 23.8. The van der Waals surface area contributed by atoms with Crippen LogP contribution in [0.2, 0.25) is 0 Å². The van der Waals surface area contributed by atoms with Gasteiger partial charge in [0.2, 0.25) is 0 Å². The summed E-state index contributed by atoms with van der Waals surface area (Å²) in [5.74, 6) is -1.18. The molecule has 0 rings (SSSR count). The molecule has 0 aromatic carbocycles. The molecular weight excluding hydrogens is 268 g/mol. The molecule has 0 spiro atoms. The second-order valence-electron chi connectivity index (χ2n) is 5.08. The first kappa shape index (κ1) is 19.4. The molecule has 0 atom stereocenters. The smallest absolute Gasteiger partial charge is 0.318 e. The van der Waals surface area contributed by atoms with Crippen molar-refractivity contribution in [2.45, 2.75) is 71.0 Å². The minimum Gasteiger partial charge on any atom is -0.454 e. The molecule has 0 N–H and O–H groups in total. The van der Waals surface area contributed by atoms with Gasteiger partial charge in [0.25, 0.3) is 0 Å². The van der Waals surface area contributed by atoms with Gasteiger partial charge in [-0.1, -0.05) is 40.9 Å². The van der Waals surface area contributed by atoms with E-state index in [9.17, 15) is 9.59 Å². The third-order valence-corrected chi connectivity index (χ3v) is 4.06. The first-order valence-electron chi connectivity index (χ1n) is 7.57. The Labute approximate surface area is 128 Å². The van der Waals surface area contributed by atoms with E-state index in [1.54, 1.807) is 12.2 Å². The Balaban J connectivity index is 4.69. The Kier molecular flexibility index (Phi) is 8.00. The maximum Gasteiger partial charge on any atom is 0.318 e. The quantitative estimate of drug-likeness (QED) is 0.348. The summed E-state index contributed by atoms with van der Waals surface area (Å²) in [7, 11) is 0. The molecule has 4 nitrogen and oxygen atoms in total. The maximum atomic E-state index is 11.9. The number of carbonyl (C=O) groups excluding carboxylic acids is 2. The highest BCUT2D eigenvalue weighted by atomic mass is 16.6. The molecular formula is C17H28O4. The van der Waals surface area contributed by atoms with Crippen molar-refractivity contribution in [2.75, 3.05) is 0 Å². The lowest BCUT2D eigenvalue weighted by atomic mass is 9.97. The highest BCUT2D eigenvalue weighted by molar-refractivity contribution is 5.91. The van der Waals surface area contributed by atoms with E-state index in [0.717, 1.165) is 0 Å². The summed E-state index contributed by atoms with van der Waals surface area (Å²) in [5.41, 5.74) is -1.41. The number of rotatable bonds is 10. The fourth-order valence-corrected chi connectivity index (χ4v) is 2.09. The molecule has 0 radical (unpaired) electrons. The molecule has 0 fully saturated rings. The lowest BCUT2D eigenvalue weighted by Gasteiger charge is -2.29. The molecule has 120 valence electrons. The van der Waals surface area contributed by atoms with E-state index in [1.807, 2.05) is 27.7 Å². The number of esters is 2. The fraction of sp³-hybridized carbons (Fsp3) is 0.647. The summed E-state index contributed by atoms with van der Waals surface area (Å²) in [6.45, 7) is 15.0. The van der Waals surface area contributed by atoms with E-state index in [1.165, 1.54) is 0 Å². The first-order valence-corrected chi connectivity index (χ1v) is 7.57. The molecule has 4 heteroatoms. The summed E-state index contributed by atoms with van der Waals surface area (Å²) in [6.07, 6.45) is 5.31. The highest BCUT2D eigenvalue weighted by Crippen LogP contribution is 2.24. The van der Waals surface area contributed by atoms with Crippen LogP contribution in [0.3, 0.4) is 0 Å². The third kappa shape index (κ3) is 5.37. The summed E-state index contributed by atoms with van der Waals surface area (Å²) in [6, 6.07) is 0. The minimum absolute atomic E-state index is 0.398. The van der Waals surface area contributed by atoms with Gasteiger partial charge in [-0.25, -0.2) is 0 Å². The van der Waals surface area contributed by atoms with Crippen LogP contribution in [-0.4, -0.2) is 23.1 Å². The molecule has 21 heavy (non-hydrogen) atoms. The fourth-order valence-electron chi connectivity index (χ4n) is 2.09. The van der Waals surface area contributed by atoms with Crippen molar-refractivity contribution in [1.82, 2.24) is 0 Å². The van der Waals surface area contributed by atoms with Crippen LogP contribution >= 0.6 is 0 Å². The van der Waals surface area contributed by atoms with E-state index in [4.69, 9.17) is 9.47 Å². The van der Waals surface area contributed by atoms with E-state index in [2.05, 4.69) is 13.2 Å². The van der Waals surface area contributed by atoms with Crippen molar-refractivity contribution >= 4 is 11.9 Å². The van der Waals surface area contributed by atoms with Gasteiger partial charge < -0.3 is 9.47 Å². The Morgan fingerprint density at radius 1 is 0.810 bits per heavy atom. The van der Waals surface area contributed by atoms with Crippen LogP contribution in [0.25, 0.3) is 0 Å². The highest BCUT2D eigenvalue weighted by Gasteiger charge is 2.31. The predicted octanol–water partition coefficient (Wildman–Crippen LogP) is 3.95. The number of ether oxygens (including phenoxy) is 2. The van der Waals surface area contributed by atoms with Gasteiger partial charge in [-0.05, 0) is 37.8 Å². The average Bonchev–Trinajstić information content (AvgIpc) is 2.50. The van der Waals surface area contributed by atoms with Crippen molar-refractivity contribution in [3.63, 3.8) is 0 Å². The van der Waals surface area contributed by atoms with Crippen LogP contribution in [0.5, 0.6) is 0 Å². The van der Waals surface area contributed by atoms with Gasteiger partial charge in [-0.2, -0.15) is 0 Å². The molecule has 0 saturated carbocycles. The van der Waals surface area contributed by atoms with Gasteiger partial charge in [0.05, 0.1) is 0 Å². The van der Waals surface area contributed by atoms with Crippen LogP contribution < -0.4 is 0 Å². The van der Waals surface area contributed by atoms with Gasteiger partial charge in [0, 0.05) is 0 Å². The van der Waals surface area contributed by atoms with Gasteiger partial charge >= 0.3 is 11.9 Å². The largest absolute Gasteiger partial charge is 0.454 e. The topological polar surface area (TPSA) is 52.6 Å². The molecule has 0 aromatic rings. The number of carbonyl (C=O) groups is 2. The minimum atomic E-state index is -0.706. The van der Waals surface area contributed by atoms with Crippen LogP contribution in [0.4, 0.5) is 0 Å². The maximum absolute atomic E-state index is 11.9. The number of hydrogen-bond donors (Lipinski definition) is 0. The molecule has 0 aliphatic rings. The van der Waals surface area contributed by atoms with Gasteiger partial charge in [-0.15, -0.1) is 0 Å². The van der Waals surface area contributed by atoms with Crippen LogP contribution in [0.15, 0.2) is 25.3 Å². The van der Waals surface area contributed by atoms with Crippen LogP contribution in [0.1, 0.15) is 59.8 Å². The SMILES string of the molecule is C=CC(CC)(CC)OC(=O)CC(=O)OC(C=C)(CC)CC. The van der Waals surface area contributed by atoms with Gasteiger partial charge in [-0.3, -0.25) is 9.59 Å². The Hall–Kier alpha value is -1.58. The predicted molar refractivity (Wildman–Crippen MR) is 83.8 cm³/mol. The van der Waals surface area contributed by atoms with Crippen molar-refractivity contribution in [3.05, 3.63) is 25.3 Å². The second-order valence-corrected chi connectivity index (χ2v) is 5.08. The molecule has 0 amide bonds. The lowest BCUT2D eigenvalue weighted by Crippen LogP contribution is -2.35. The molecule has 0 aliphatic heterocycles. The van der Waals surface area contributed by atoms with E-state index < -0.39 is 29.6 Å². The van der Waals surface area contributed by atoms with Crippen LogP contribution in [0, 0.1) is 0 Å². The van der Waals surface area contributed by atoms with E-state index in [0.29, 0.717) is 25.7 Å². The van der Waals surface area contributed by atoms with Crippen LogP contribution in [-0.2, 0) is 19.1 Å². The normalized spacial score (nSPS) is 11.6. The zero-order chi connectivity index (χ0) is 16.5. The molecule has 0 unspecified atom stereocenters. The monoisotopic (exact) mass is 296 g/mol. The van der Waals surface area contributed by atoms with Gasteiger partial charge in [0.1, 0.15) is 17.6 Å². The average molecular weight is 296 g/mol. The Morgan fingerprint density at radius 3 is 1.29 bits per heavy atom. The lowest BCUT2D eigenvalue weighted by molar-refractivity contribution is -0.167. The zero-order valence-corrected chi connectivity index (χ0v) is 13.7. The van der Waals surface area contributed by atoms with Crippen molar-refractivity contribution in [2.24, 2.45) is 0 Å². The Morgan fingerprint density at radius 2 is 1.10 bits per heavy atom. The van der Waals surface area contributed by atoms with Crippen molar-refractivity contribution in [3.8, 4) is 0 Å². The molecule has 0 heterocycles. The van der Waals surface area contributed by atoms with Gasteiger partial charge in [0.15, 0.2) is 0 Å². The Bertz CT molecular complexity index is 340. The molecule has 0 aliphatic carbocycles. The van der Waals surface area contributed by atoms with E-state index in [-0.39, 0.29) is 0 Å². The molecule has 0 saturated heterocycles. The van der Waals surface area contributed by atoms with Crippen molar-refractivity contribution < 1.29 is 19.1 Å². The zero-order valence-electron chi connectivity index (χ0n) is 13.7. The summed E-state index contributed by atoms with van der Waals surface area (Å²) < 4.78 is 10.8. The molecule has 0 aromatic heterocycles. The first-order chi connectivity index (χ1) is 9.86. The molecule has 0 bridgehead atoms. The number of hydrogen-bond acceptors (Lipinski definition) is 4. The van der Waals surface area contributed by atoms with Crippen molar-refractivity contribution in [1.29, 1.82) is 0 Å². The summed E-state index contributed by atoms with van der Waals surface area (Å²) >= 11 is 0. The summed E-state index contributed by atoms with van der Waals surface area (Å²) in [5, 5.41) is 0. The third-order valence-electron chi connectivity index (χ3n) is 4.06. The van der Waals surface area contributed by atoms with E-state index >= 15 is 0 Å². The standard InChI is InChI=1S/C17H28O4/c1-7-16(8-2,9-3)20-14(18)13-15(19)21-17(10-4,11-5)12-6/h7,10H,1,4,8-9,11-13H2,2-3,5-6H3.